The van der Waals surface area contributed by atoms with E-state index in [9.17, 15) is 70.2 Å². The first-order valence-electron chi connectivity index (χ1n) is 15.3. The van der Waals surface area contributed by atoms with Crippen LogP contribution in [-0.4, -0.2) is 78.4 Å². The third-order valence-corrected chi connectivity index (χ3v) is 6.90. The molecule has 52 heavy (non-hydrogen) atoms. The molecule has 0 unspecified atom stereocenters. The predicted molar refractivity (Wildman–Crippen MR) is 148 cm³/mol. The molecule has 1 aromatic heterocycles. The molecule has 1 aromatic carbocycles. The Morgan fingerprint density at radius 3 is 1.77 bits per heavy atom. The number of hydrogen-bond donors (Lipinski definition) is 0. The summed E-state index contributed by atoms with van der Waals surface area (Å²) in [7, 11) is 0. The number of benzene rings is 1. The number of alkyl halides is 16. The summed E-state index contributed by atoms with van der Waals surface area (Å²) in [5.41, 5.74) is 1.33. The van der Waals surface area contributed by atoms with E-state index < -0.39 is 61.8 Å². The fourth-order valence-electron chi connectivity index (χ4n) is 4.09. The van der Waals surface area contributed by atoms with Crippen LogP contribution in [0.4, 0.5) is 70.2 Å². The Morgan fingerprint density at radius 2 is 1.21 bits per heavy atom. The van der Waals surface area contributed by atoms with Crippen LogP contribution in [0.25, 0.3) is 11.4 Å². The van der Waals surface area contributed by atoms with Gasteiger partial charge in [0.25, 0.3) is 0 Å². The summed E-state index contributed by atoms with van der Waals surface area (Å²) >= 11 is 0. The lowest BCUT2D eigenvalue weighted by atomic mass is 10.0. The molecule has 0 N–H and O–H groups in total. The van der Waals surface area contributed by atoms with Crippen molar-refractivity contribution < 1.29 is 89.2 Å². The molecule has 1 atom stereocenters. The van der Waals surface area contributed by atoms with Gasteiger partial charge in [0.15, 0.2) is 11.6 Å². The number of aryl methyl sites for hydroxylation is 1. The molecule has 0 radical (unpaired) electrons. The molecule has 0 amide bonds. The van der Waals surface area contributed by atoms with Crippen LogP contribution in [0.3, 0.4) is 0 Å². The third-order valence-electron chi connectivity index (χ3n) is 6.90. The van der Waals surface area contributed by atoms with Crippen LogP contribution in [0.15, 0.2) is 36.7 Å². The second-order valence-corrected chi connectivity index (χ2v) is 11.2. The van der Waals surface area contributed by atoms with E-state index in [0.717, 1.165) is 32.1 Å². The number of halogens is 16. The second kappa shape index (κ2) is 17.8. The number of aromatic nitrogens is 2. The van der Waals surface area contributed by atoms with Crippen LogP contribution in [0.5, 0.6) is 5.75 Å². The number of unbranched alkanes of at least 4 members (excludes halogenated alkanes) is 4. The maximum absolute atomic E-state index is 14.1. The molecule has 1 heterocycles. The van der Waals surface area contributed by atoms with Gasteiger partial charge in [0.2, 0.25) is 0 Å². The monoisotopic (exact) mass is 788 g/mol. The molecule has 0 aliphatic carbocycles. The molecule has 0 fully saturated rings. The minimum atomic E-state index is -7.95. The Bertz CT molecular complexity index is 1360. The number of nitrogens with zero attached hydrogens (tertiary/aromatic N) is 2. The van der Waals surface area contributed by atoms with Crippen molar-refractivity contribution in [1.29, 1.82) is 0 Å². The SMILES string of the molecule is CCCCCCCOc1cnc(-c2ccc(CCC[C@@H](F)COCC(F)(F)OC(F)(F)C(F)(F)OC(F)(F)C(F)(F)C(F)(F)C(F)(F)F)cc2)nc1. The average molecular weight is 789 g/mol. The Hall–Kier alpha value is -3.14. The first kappa shape index (κ1) is 45.0. The zero-order valence-corrected chi connectivity index (χ0v) is 26.9. The Labute approximate surface area is 285 Å². The third kappa shape index (κ3) is 12.2. The van der Waals surface area contributed by atoms with Gasteiger partial charge in [-0.1, -0.05) is 56.9 Å². The highest BCUT2D eigenvalue weighted by atomic mass is 19.4. The lowest BCUT2D eigenvalue weighted by molar-refractivity contribution is -0.543. The van der Waals surface area contributed by atoms with Crippen LogP contribution in [0.2, 0.25) is 0 Å². The van der Waals surface area contributed by atoms with Gasteiger partial charge in [0.05, 0.1) is 25.6 Å². The Kier molecular flexibility index (Phi) is 15.4. The molecule has 0 aliphatic rings. The first-order chi connectivity index (χ1) is 23.8. The van der Waals surface area contributed by atoms with Crippen molar-refractivity contribution in [2.24, 2.45) is 0 Å². The quantitative estimate of drug-likeness (QED) is 0.0826. The van der Waals surface area contributed by atoms with Gasteiger partial charge in [-0.3, -0.25) is 0 Å². The van der Waals surface area contributed by atoms with Crippen molar-refractivity contribution in [1.82, 2.24) is 9.97 Å². The van der Waals surface area contributed by atoms with E-state index in [2.05, 4.69) is 26.4 Å². The predicted octanol–water partition coefficient (Wildman–Crippen LogP) is 10.4. The van der Waals surface area contributed by atoms with E-state index in [1.54, 1.807) is 29.0 Å². The molecule has 0 saturated heterocycles. The van der Waals surface area contributed by atoms with Crippen molar-refractivity contribution in [2.45, 2.75) is 107 Å². The lowest BCUT2D eigenvalue weighted by Gasteiger charge is -2.36. The normalized spacial score (nSPS) is 14.5. The minimum absolute atomic E-state index is 0.0750. The van der Waals surface area contributed by atoms with E-state index >= 15 is 0 Å². The Balaban J connectivity index is 1.81. The maximum Gasteiger partial charge on any atom is 0.460 e. The number of ether oxygens (including phenoxy) is 4. The molecular weight excluding hydrogens is 756 g/mol. The van der Waals surface area contributed by atoms with Crippen molar-refractivity contribution >= 4 is 0 Å². The van der Waals surface area contributed by atoms with Gasteiger partial charge in [0, 0.05) is 5.56 Å². The van der Waals surface area contributed by atoms with Crippen molar-refractivity contribution in [3.8, 4) is 17.1 Å². The van der Waals surface area contributed by atoms with Crippen LogP contribution in [0, 0.1) is 0 Å². The van der Waals surface area contributed by atoms with Crippen molar-refractivity contribution in [3.05, 3.63) is 42.2 Å². The van der Waals surface area contributed by atoms with Crippen LogP contribution in [0.1, 0.15) is 57.4 Å². The zero-order valence-electron chi connectivity index (χ0n) is 26.9. The van der Waals surface area contributed by atoms with Gasteiger partial charge >= 0.3 is 42.5 Å². The highest BCUT2D eigenvalue weighted by Gasteiger charge is 2.85. The number of rotatable bonds is 23. The fraction of sp³-hybridized carbons (Fsp3) is 0.667. The van der Waals surface area contributed by atoms with E-state index in [1.807, 2.05) is 0 Å². The number of hydrogen-bond acceptors (Lipinski definition) is 6. The molecule has 298 valence electrons. The summed E-state index contributed by atoms with van der Waals surface area (Å²) in [6.45, 7) is -1.10. The molecule has 22 heteroatoms. The summed E-state index contributed by atoms with van der Waals surface area (Å²) in [5.74, 6) is -14.9. The zero-order chi connectivity index (χ0) is 39.7. The van der Waals surface area contributed by atoms with E-state index in [-0.39, 0.29) is 19.3 Å². The molecule has 0 spiro atoms. The summed E-state index contributed by atoms with van der Waals surface area (Å²) in [6, 6.07) is 6.68. The minimum Gasteiger partial charge on any atom is -0.490 e. The summed E-state index contributed by atoms with van der Waals surface area (Å²) in [6.07, 6.45) is -29.1. The largest absolute Gasteiger partial charge is 0.490 e. The van der Waals surface area contributed by atoms with Gasteiger partial charge in [0.1, 0.15) is 12.8 Å². The standard InChI is InChI=1S/C30H32F16N2O4/c1-2-3-4-5-6-14-50-22-15-47-23(48-16-22)20-12-10-19(11-13-20)8-7-9-21(31)17-49-18-24(32,33)51-29(43,44)30(45,46)52-28(41,42)26(36,37)25(34,35)27(38,39)40/h10-13,15-16,21H,2-9,14,17-18H2,1H3/t21-/m1/s1. The second-order valence-electron chi connectivity index (χ2n) is 11.2. The van der Waals surface area contributed by atoms with Gasteiger partial charge in [-0.15, -0.1) is 0 Å². The summed E-state index contributed by atoms with van der Waals surface area (Å²) < 4.78 is 224. The lowest BCUT2D eigenvalue weighted by Crippen LogP contribution is -2.64. The van der Waals surface area contributed by atoms with Crippen molar-refractivity contribution in [2.75, 3.05) is 19.8 Å². The van der Waals surface area contributed by atoms with E-state index in [4.69, 9.17) is 4.74 Å². The van der Waals surface area contributed by atoms with Crippen LogP contribution < -0.4 is 4.74 Å². The van der Waals surface area contributed by atoms with Gasteiger partial charge < -0.3 is 9.47 Å². The highest BCUT2D eigenvalue weighted by Crippen LogP contribution is 2.56. The summed E-state index contributed by atoms with van der Waals surface area (Å²) in [5, 5.41) is 0. The molecule has 2 rings (SSSR count). The average Bonchev–Trinajstić information content (AvgIpc) is 3.01. The Morgan fingerprint density at radius 1 is 0.654 bits per heavy atom. The van der Waals surface area contributed by atoms with E-state index in [1.165, 1.54) is 12.4 Å². The smallest absolute Gasteiger partial charge is 0.460 e. The molecule has 0 aliphatic heterocycles. The highest BCUT2D eigenvalue weighted by molar-refractivity contribution is 5.55. The van der Waals surface area contributed by atoms with Crippen molar-refractivity contribution in [3.63, 3.8) is 0 Å². The van der Waals surface area contributed by atoms with Gasteiger partial charge in [-0.2, -0.15) is 65.9 Å². The molecule has 2 aromatic rings. The topological polar surface area (TPSA) is 62.7 Å². The van der Waals surface area contributed by atoms with Gasteiger partial charge in [-0.05, 0) is 31.2 Å². The summed E-state index contributed by atoms with van der Waals surface area (Å²) in [4.78, 5) is 8.49. The van der Waals surface area contributed by atoms with Gasteiger partial charge in [-0.25, -0.2) is 23.8 Å². The van der Waals surface area contributed by atoms with Crippen LogP contribution in [-0.2, 0) is 20.6 Å². The molecule has 0 bridgehead atoms. The maximum atomic E-state index is 14.1. The fourth-order valence-corrected chi connectivity index (χ4v) is 4.09. The first-order valence-corrected chi connectivity index (χ1v) is 15.3. The van der Waals surface area contributed by atoms with Crippen LogP contribution >= 0.6 is 0 Å². The molecule has 6 nitrogen and oxygen atoms in total. The molecule has 0 saturated carbocycles. The van der Waals surface area contributed by atoms with E-state index in [0.29, 0.717) is 29.3 Å². The molecular formula is C30H32F16N2O4.